The van der Waals surface area contributed by atoms with E-state index < -0.39 is 0 Å². The quantitative estimate of drug-likeness (QED) is 0.738. The molecule has 120 valence electrons. The lowest BCUT2D eigenvalue weighted by Crippen LogP contribution is -2.23. The fourth-order valence-electron chi connectivity index (χ4n) is 2.18. The number of carbonyl (C=O) groups excluding carboxylic acids is 1. The summed E-state index contributed by atoms with van der Waals surface area (Å²) in [7, 11) is 0. The average Bonchev–Trinajstić information content (AvgIpc) is 2.61. The van der Waals surface area contributed by atoms with E-state index in [2.05, 4.69) is 31.2 Å². The molecular formula is C18H13BrFN3O. The SMILES string of the molecule is O=C(NCc1cc(-c2ccc(F)cc2)ncn1)c1ccccc1Br. The first-order chi connectivity index (χ1) is 11.6. The van der Waals surface area contributed by atoms with Gasteiger partial charge in [-0.2, -0.15) is 0 Å². The van der Waals surface area contributed by atoms with Crippen LogP contribution in [0.2, 0.25) is 0 Å². The molecule has 3 rings (SSSR count). The van der Waals surface area contributed by atoms with Crippen LogP contribution in [0.3, 0.4) is 0 Å². The molecule has 1 N–H and O–H groups in total. The average molecular weight is 386 g/mol. The van der Waals surface area contributed by atoms with E-state index in [4.69, 9.17) is 0 Å². The molecule has 0 radical (unpaired) electrons. The van der Waals surface area contributed by atoms with Crippen molar-refractivity contribution in [3.63, 3.8) is 0 Å². The third-order valence-electron chi connectivity index (χ3n) is 3.41. The van der Waals surface area contributed by atoms with Crippen molar-refractivity contribution >= 4 is 21.8 Å². The minimum atomic E-state index is -0.297. The molecule has 0 unspecified atom stereocenters. The Morgan fingerprint density at radius 3 is 2.58 bits per heavy atom. The summed E-state index contributed by atoms with van der Waals surface area (Å²) in [6.45, 7) is 0.275. The van der Waals surface area contributed by atoms with Gasteiger partial charge in [0.25, 0.3) is 5.91 Å². The molecule has 0 fully saturated rings. The van der Waals surface area contributed by atoms with Crippen LogP contribution in [0, 0.1) is 5.82 Å². The predicted molar refractivity (Wildman–Crippen MR) is 92.7 cm³/mol. The Morgan fingerprint density at radius 2 is 1.83 bits per heavy atom. The highest BCUT2D eigenvalue weighted by molar-refractivity contribution is 9.10. The van der Waals surface area contributed by atoms with Gasteiger partial charge in [-0.05, 0) is 58.4 Å². The number of hydrogen-bond acceptors (Lipinski definition) is 3. The van der Waals surface area contributed by atoms with Crippen molar-refractivity contribution < 1.29 is 9.18 Å². The maximum Gasteiger partial charge on any atom is 0.252 e. The van der Waals surface area contributed by atoms with Gasteiger partial charge in [-0.25, -0.2) is 14.4 Å². The maximum absolute atomic E-state index is 13.0. The number of benzene rings is 2. The minimum absolute atomic E-state index is 0.190. The fourth-order valence-corrected chi connectivity index (χ4v) is 2.65. The van der Waals surface area contributed by atoms with E-state index in [0.717, 1.165) is 10.0 Å². The van der Waals surface area contributed by atoms with Gasteiger partial charge < -0.3 is 5.32 Å². The van der Waals surface area contributed by atoms with Crippen LogP contribution in [0.15, 0.2) is 65.4 Å². The van der Waals surface area contributed by atoms with Gasteiger partial charge in [0.15, 0.2) is 0 Å². The zero-order valence-electron chi connectivity index (χ0n) is 12.5. The lowest BCUT2D eigenvalue weighted by molar-refractivity contribution is 0.0949. The summed E-state index contributed by atoms with van der Waals surface area (Å²) in [6.07, 6.45) is 1.43. The third kappa shape index (κ3) is 3.83. The molecule has 1 amide bonds. The number of nitrogens with zero attached hydrogens (tertiary/aromatic N) is 2. The van der Waals surface area contributed by atoms with Crippen molar-refractivity contribution in [3.8, 4) is 11.3 Å². The Morgan fingerprint density at radius 1 is 1.08 bits per heavy atom. The highest BCUT2D eigenvalue weighted by atomic mass is 79.9. The zero-order valence-corrected chi connectivity index (χ0v) is 14.1. The first kappa shape index (κ1) is 16.3. The molecule has 0 spiro atoms. The van der Waals surface area contributed by atoms with E-state index in [1.165, 1.54) is 18.5 Å². The molecule has 0 bridgehead atoms. The van der Waals surface area contributed by atoms with Gasteiger partial charge >= 0.3 is 0 Å². The minimum Gasteiger partial charge on any atom is -0.346 e. The molecule has 1 aromatic heterocycles. The van der Waals surface area contributed by atoms with E-state index >= 15 is 0 Å². The summed E-state index contributed by atoms with van der Waals surface area (Å²) in [5.41, 5.74) is 2.70. The van der Waals surface area contributed by atoms with Crippen LogP contribution in [-0.4, -0.2) is 15.9 Å². The van der Waals surface area contributed by atoms with Gasteiger partial charge in [0, 0.05) is 10.0 Å². The lowest BCUT2D eigenvalue weighted by atomic mass is 10.1. The number of halogens is 2. The molecule has 3 aromatic rings. The Bertz CT molecular complexity index is 868. The van der Waals surface area contributed by atoms with Crippen molar-refractivity contribution in [1.82, 2.24) is 15.3 Å². The largest absolute Gasteiger partial charge is 0.346 e. The zero-order chi connectivity index (χ0) is 16.9. The van der Waals surface area contributed by atoms with Gasteiger partial charge in [-0.15, -0.1) is 0 Å². The summed E-state index contributed by atoms with van der Waals surface area (Å²) in [4.78, 5) is 20.5. The Hall–Kier alpha value is -2.60. The first-order valence-corrected chi connectivity index (χ1v) is 8.02. The number of carbonyl (C=O) groups is 1. The van der Waals surface area contributed by atoms with Crippen LogP contribution < -0.4 is 5.32 Å². The van der Waals surface area contributed by atoms with E-state index in [-0.39, 0.29) is 18.3 Å². The molecule has 0 aliphatic heterocycles. The molecule has 24 heavy (non-hydrogen) atoms. The second kappa shape index (κ2) is 7.31. The van der Waals surface area contributed by atoms with Crippen molar-refractivity contribution in [2.24, 2.45) is 0 Å². The molecule has 0 aliphatic rings. The van der Waals surface area contributed by atoms with E-state index in [1.807, 2.05) is 12.1 Å². The summed E-state index contributed by atoms with van der Waals surface area (Å²) >= 11 is 3.35. The number of nitrogens with one attached hydrogen (secondary N) is 1. The van der Waals surface area contributed by atoms with Gasteiger partial charge in [-0.3, -0.25) is 4.79 Å². The van der Waals surface area contributed by atoms with Crippen LogP contribution in [0.25, 0.3) is 11.3 Å². The van der Waals surface area contributed by atoms with Crippen molar-refractivity contribution in [2.75, 3.05) is 0 Å². The highest BCUT2D eigenvalue weighted by Crippen LogP contribution is 2.18. The summed E-state index contributed by atoms with van der Waals surface area (Å²) in [5.74, 6) is -0.488. The second-order valence-electron chi connectivity index (χ2n) is 5.06. The Labute approximate surface area is 146 Å². The third-order valence-corrected chi connectivity index (χ3v) is 4.10. The number of rotatable bonds is 4. The molecule has 6 heteroatoms. The molecule has 0 saturated heterocycles. The molecule has 0 saturated carbocycles. The fraction of sp³-hybridized carbons (Fsp3) is 0.0556. The smallest absolute Gasteiger partial charge is 0.252 e. The summed E-state index contributed by atoms with van der Waals surface area (Å²) in [6, 6.07) is 15.0. The van der Waals surface area contributed by atoms with Crippen LogP contribution in [0.4, 0.5) is 4.39 Å². The van der Waals surface area contributed by atoms with E-state index in [0.29, 0.717) is 17.0 Å². The van der Waals surface area contributed by atoms with Crippen LogP contribution in [0.5, 0.6) is 0 Å². The Balaban J connectivity index is 1.72. The number of aromatic nitrogens is 2. The predicted octanol–water partition coefficient (Wildman–Crippen LogP) is 3.98. The number of hydrogen-bond donors (Lipinski definition) is 1. The van der Waals surface area contributed by atoms with Crippen LogP contribution in [-0.2, 0) is 6.54 Å². The van der Waals surface area contributed by atoms with Crippen molar-refractivity contribution in [3.05, 3.63) is 82.5 Å². The van der Waals surface area contributed by atoms with Gasteiger partial charge in [0.1, 0.15) is 12.1 Å². The highest BCUT2D eigenvalue weighted by Gasteiger charge is 2.09. The molecule has 1 heterocycles. The monoisotopic (exact) mass is 385 g/mol. The van der Waals surface area contributed by atoms with Crippen LogP contribution >= 0.6 is 15.9 Å². The van der Waals surface area contributed by atoms with E-state index in [1.54, 1.807) is 30.3 Å². The van der Waals surface area contributed by atoms with Crippen molar-refractivity contribution in [2.45, 2.75) is 6.54 Å². The molecule has 2 aromatic carbocycles. The normalized spacial score (nSPS) is 10.4. The second-order valence-corrected chi connectivity index (χ2v) is 5.92. The standard InChI is InChI=1S/C18H13BrFN3O/c19-16-4-2-1-3-15(16)18(24)21-10-14-9-17(23-11-22-14)12-5-7-13(20)8-6-12/h1-9,11H,10H2,(H,21,24). The van der Waals surface area contributed by atoms with Crippen LogP contribution in [0.1, 0.15) is 16.1 Å². The molecule has 0 atom stereocenters. The Kier molecular flexibility index (Phi) is 4.96. The van der Waals surface area contributed by atoms with Gasteiger partial charge in [0.2, 0.25) is 0 Å². The van der Waals surface area contributed by atoms with E-state index in [9.17, 15) is 9.18 Å². The van der Waals surface area contributed by atoms with Crippen molar-refractivity contribution in [1.29, 1.82) is 0 Å². The summed E-state index contributed by atoms with van der Waals surface area (Å²) in [5, 5.41) is 2.82. The molecule has 0 aliphatic carbocycles. The lowest BCUT2D eigenvalue weighted by Gasteiger charge is -2.07. The topological polar surface area (TPSA) is 54.9 Å². The van der Waals surface area contributed by atoms with Gasteiger partial charge in [0.05, 0.1) is 23.5 Å². The summed E-state index contributed by atoms with van der Waals surface area (Å²) < 4.78 is 13.7. The maximum atomic E-state index is 13.0. The number of amides is 1. The van der Waals surface area contributed by atoms with Gasteiger partial charge in [-0.1, -0.05) is 12.1 Å². The molecular weight excluding hydrogens is 373 g/mol. The molecule has 4 nitrogen and oxygen atoms in total. The first-order valence-electron chi connectivity index (χ1n) is 7.23.